The number of piperidine rings is 1. The van der Waals surface area contributed by atoms with Gasteiger partial charge in [-0.1, -0.05) is 25.5 Å². The highest BCUT2D eigenvalue weighted by Crippen LogP contribution is 2.14. The van der Waals surface area contributed by atoms with Crippen LogP contribution < -0.4 is 10.6 Å². The summed E-state index contributed by atoms with van der Waals surface area (Å²) in [6.07, 6.45) is 4.20. The first-order chi connectivity index (χ1) is 13.5. The molecule has 0 radical (unpaired) electrons. The van der Waals surface area contributed by atoms with Crippen molar-refractivity contribution in [3.63, 3.8) is 0 Å². The van der Waals surface area contributed by atoms with Crippen LogP contribution >= 0.6 is 0 Å². The normalized spacial score (nSPS) is 16.1. The van der Waals surface area contributed by atoms with Gasteiger partial charge in [0.25, 0.3) is 0 Å². The zero-order valence-corrected chi connectivity index (χ0v) is 17.4. The molecule has 1 amide bonds. The van der Waals surface area contributed by atoms with Crippen LogP contribution in [0.2, 0.25) is 0 Å². The molecule has 28 heavy (non-hydrogen) atoms. The van der Waals surface area contributed by atoms with Crippen molar-refractivity contribution in [3.8, 4) is 0 Å². The average Bonchev–Trinajstić information content (AvgIpc) is 2.69. The van der Waals surface area contributed by atoms with Crippen molar-refractivity contribution in [3.05, 3.63) is 35.6 Å². The summed E-state index contributed by atoms with van der Waals surface area (Å²) in [5.41, 5.74) is 1.14. The summed E-state index contributed by atoms with van der Waals surface area (Å²) in [6, 6.07) is 7.08. The lowest BCUT2D eigenvalue weighted by atomic mass is 10.0. The second kappa shape index (κ2) is 11.6. The van der Waals surface area contributed by atoms with Crippen molar-refractivity contribution in [1.82, 2.24) is 20.4 Å². The number of halogens is 1. The van der Waals surface area contributed by atoms with Gasteiger partial charge in [0.05, 0.1) is 0 Å². The molecule has 0 saturated carbocycles. The summed E-state index contributed by atoms with van der Waals surface area (Å²) in [5.74, 6) is 0.521. The van der Waals surface area contributed by atoms with Gasteiger partial charge in [-0.05, 0) is 37.0 Å². The fraction of sp³-hybridized carbons (Fsp3) is 0.619. The summed E-state index contributed by atoms with van der Waals surface area (Å²) in [6.45, 7) is 5.96. The molecule has 2 rings (SSSR count). The zero-order valence-electron chi connectivity index (χ0n) is 17.4. The number of hydrogen-bond acceptors (Lipinski definition) is 3. The van der Waals surface area contributed by atoms with Gasteiger partial charge in [0.15, 0.2) is 5.96 Å². The number of guanidine groups is 1. The first-order valence-corrected chi connectivity index (χ1v) is 10.2. The summed E-state index contributed by atoms with van der Waals surface area (Å²) in [5, 5.41) is 6.83. The van der Waals surface area contributed by atoms with Crippen LogP contribution in [0, 0.1) is 5.82 Å². The summed E-state index contributed by atoms with van der Waals surface area (Å²) < 4.78 is 13.0. The summed E-state index contributed by atoms with van der Waals surface area (Å²) >= 11 is 0. The van der Waals surface area contributed by atoms with E-state index < -0.39 is 0 Å². The monoisotopic (exact) mass is 391 g/mol. The number of carbonyl (C=O) groups is 1. The molecule has 2 N–H and O–H groups in total. The molecule has 1 heterocycles. The van der Waals surface area contributed by atoms with E-state index in [-0.39, 0.29) is 18.3 Å². The van der Waals surface area contributed by atoms with Crippen LogP contribution in [0.5, 0.6) is 0 Å². The number of likely N-dealkylation sites (N-methyl/N-ethyl adjacent to an activating group) is 1. The number of amides is 1. The molecule has 0 spiro atoms. The van der Waals surface area contributed by atoms with Crippen LogP contribution in [0.25, 0.3) is 0 Å². The van der Waals surface area contributed by atoms with E-state index in [4.69, 9.17) is 0 Å². The van der Waals surface area contributed by atoms with Crippen LogP contribution in [0.3, 0.4) is 0 Å². The average molecular weight is 392 g/mol. The van der Waals surface area contributed by atoms with Gasteiger partial charge >= 0.3 is 0 Å². The zero-order chi connectivity index (χ0) is 20.4. The lowest BCUT2D eigenvalue weighted by Crippen LogP contribution is -2.49. The highest BCUT2D eigenvalue weighted by molar-refractivity contribution is 5.84. The quantitative estimate of drug-likeness (QED) is 0.405. The van der Waals surface area contributed by atoms with E-state index in [2.05, 4.69) is 27.4 Å². The number of nitrogens with zero attached hydrogens (tertiary/aromatic N) is 3. The van der Waals surface area contributed by atoms with Gasteiger partial charge in [-0.2, -0.15) is 0 Å². The first kappa shape index (κ1) is 22.1. The van der Waals surface area contributed by atoms with E-state index in [9.17, 15) is 9.18 Å². The topological polar surface area (TPSA) is 60.0 Å². The Morgan fingerprint density at radius 1 is 1.25 bits per heavy atom. The van der Waals surface area contributed by atoms with Gasteiger partial charge in [-0.3, -0.25) is 9.69 Å². The Morgan fingerprint density at radius 2 is 1.93 bits per heavy atom. The third-order valence-corrected chi connectivity index (χ3v) is 4.94. The molecule has 0 unspecified atom stereocenters. The van der Waals surface area contributed by atoms with Gasteiger partial charge < -0.3 is 15.5 Å². The standard InChI is InChI=1S/C21H34FN5O/c1-4-5-12-23-21(24-15-20(28)26(2)3)25-19-10-13-27(14-11-19)16-17-6-8-18(22)9-7-17/h6-9,19H,4-5,10-16H2,1-3H3,(H2,23,24,25). The summed E-state index contributed by atoms with van der Waals surface area (Å²) in [7, 11) is 3.48. The number of benzene rings is 1. The Labute approximate surface area is 168 Å². The second-order valence-corrected chi connectivity index (χ2v) is 7.55. The predicted octanol–water partition coefficient (Wildman–Crippen LogP) is 2.21. The van der Waals surface area contributed by atoms with Crippen molar-refractivity contribution < 1.29 is 9.18 Å². The van der Waals surface area contributed by atoms with Gasteiger partial charge in [0.1, 0.15) is 12.4 Å². The van der Waals surface area contributed by atoms with E-state index in [1.54, 1.807) is 19.0 Å². The molecule has 6 nitrogen and oxygen atoms in total. The van der Waals surface area contributed by atoms with Gasteiger partial charge in [0.2, 0.25) is 5.91 Å². The fourth-order valence-electron chi connectivity index (χ4n) is 3.10. The minimum Gasteiger partial charge on any atom is -0.356 e. The lowest BCUT2D eigenvalue weighted by molar-refractivity contribution is -0.127. The molecule has 1 aromatic rings. The Bertz CT molecular complexity index is 624. The Morgan fingerprint density at radius 3 is 2.54 bits per heavy atom. The number of rotatable bonds is 8. The minimum atomic E-state index is -0.193. The molecule has 156 valence electrons. The number of aliphatic imine (C=N–C) groups is 1. The molecule has 1 aliphatic rings. The van der Waals surface area contributed by atoms with E-state index in [0.29, 0.717) is 6.04 Å². The smallest absolute Gasteiger partial charge is 0.243 e. The number of hydrogen-bond donors (Lipinski definition) is 2. The molecule has 0 bridgehead atoms. The third kappa shape index (κ3) is 7.84. The fourth-order valence-corrected chi connectivity index (χ4v) is 3.10. The highest BCUT2D eigenvalue weighted by Gasteiger charge is 2.20. The van der Waals surface area contributed by atoms with E-state index >= 15 is 0 Å². The Balaban J connectivity index is 1.82. The predicted molar refractivity (Wildman–Crippen MR) is 112 cm³/mol. The van der Waals surface area contributed by atoms with Gasteiger partial charge in [-0.25, -0.2) is 9.38 Å². The van der Waals surface area contributed by atoms with Crippen LogP contribution in [-0.4, -0.2) is 68.0 Å². The van der Waals surface area contributed by atoms with E-state index in [1.165, 1.54) is 12.1 Å². The third-order valence-electron chi connectivity index (χ3n) is 4.94. The van der Waals surface area contributed by atoms with Crippen molar-refractivity contribution in [2.75, 3.05) is 40.3 Å². The molecule has 1 aromatic carbocycles. The number of unbranched alkanes of at least 4 members (excludes halogenated alkanes) is 1. The largest absolute Gasteiger partial charge is 0.356 e. The molecular formula is C21H34FN5O. The molecule has 0 atom stereocenters. The maximum atomic E-state index is 13.0. The van der Waals surface area contributed by atoms with Crippen LogP contribution in [0.4, 0.5) is 4.39 Å². The van der Waals surface area contributed by atoms with Crippen molar-refractivity contribution >= 4 is 11.9 Å². The summed E-state index contributed by atoms with van der Waals surface area (Å²) in [4.78, 5) is 20.2. The van der Waals surface area contributed by atoms with Crippen LogP contribution in [-0.2, 0) is 11.3 Å². The maximum absolute atomic E-state index is 13.0. The van der Waals surface area contributed by atoms with Crippen molar-refractivity contribution in [2.45, 2.75) is 45.2 Å². The van der Waals surface area contributed by atoms with Crippen LogP contribution in [0.15, 0.2) is 29.3 Å². The second-order valence-electron chi connectivity index (χ2n) is 7.55. The number of carbonyl (C=O) groups excluding carboxylic acids is 1. The molecule has 7 heteroatoms. The Kier molecular flexibility index (Phi) is 9.20. The highest BCUT2D eigenvalue weighted by atomic mass is 19.1. The van der Waals surface area contributed by atoms with Gasteiger partial charge in [0, 0.05) is 46.3 Å². The van der Waals surface area contributed by atoms with Crippen molar-refractivity contribution in [2.24, 2.45) is 4.99 Å². The van der Waals surface area contributed by atoms with Gasteiger partial charge in [-0.15, -0.1) is 0 Å². The number of likely N-dealkylation sites (tertiary alicyclic amines) is 1. The maximum Gasteiger partial charge on any atom is 0.243 e. The number of nitrogens with one attached hydrogen (secondary N) is 2. The minimum absolute atomic E-state index is 0.00860. The van der Waals surface area contributed by atoms with E-state index in [1.807, 2.05) is 12.1 Å². The molecule has 0 aromatic heterocycles. The molecule has 1 aliphatic heterocycles. The first-order valence-electron chi connectivity index (χ1n) is 10.2. The Hall–Kier alpha value is -2.15. The van der Waals surface area contributed by atoms with Crippen LogP contribution in [0.1, 0.15) is 38.2 Å². The SMILES string of the molecule is CCCCNC(=NCC(=O)N(C)C)NC1CCN(Cc2ccc(F)cc2)CC1. The molecular weight excluding hydrogens is 357 g/mol. The molecule has 1 saturated heterocycles. The molecule has 0 aliphatic carbocycles. The molecule has 1 fully saturated rings. The van der Waals surface area contributed by atoms with Crippen molar-refractivity contribution in [1.29, 1.82) is 0 Å². The lowest BCUT2D eigenvalue weighted by Gasteiger charge is -2.33. The van der Waals surface area contributed by atoms with E-state index in [0.717, 1.165) is 63.4 Å².